The second kappa shape index (κ2) is 7.84. The quantitative estimate of drug-likeness (QED) is 0.855. The molecule has 7 heteroatoms. The topological polar surface area (TPSA) is 71.5 Å². The summed E-state index contributed by atoms with van der Waals surface area (Å²) >= 11 is 0. The van der Waals surface area contributed by atoms with Crippen LogP contribution in [0.5, 0.6) is 5.75 Å². The van der Waals surface area contributed by atoms with Gasteiger partial charge in [-0.2, -0.15) is 0 Å². The molecule has 0 bridgehead atoms. The molecule has 0 radical (unpaired) electrons. The Morgan fingerprint density at radius 2 is 2.04 bits per heavy atom. The third kappa shape index (κ3) is 4.49. The fraction of sp³-hybridized carbons (Fsp3) is 0.389. The Balaban J connectivity index is 1.54. The van der Waals surface area contributed by atoms with Gasteiger partial charge in [0.1, 0.15) is 5.75 Å². The van der Waals surface area contributed by atoms with Crippen molar-refractivity contribution in [2.45, 2.75) is 17.7 Å². The van der Waals surface area contributed by atoms with Crippen LogP contribution in [0.25, 0.3) is 0 Å². The third-order valence-electron chi connectivity index (χ3n) is 4.54. The van der Waals surface area contributed by atoms with Gasteiger partial charge in [-0.3, -0.25) is 4.98 Å². The van der Waals surface area contributed by atoms with Gasteiger partial charge in [-0.25, -0.2) is 13.1 Å². The van der Waals surface area contributed by atoms with Crippen molar-refractivity contribution in [3.05, 3.63) is 48.8 Å². The number of pyridine rings is 1. The molecule has 6 nitrogen and oxygen atoms in total. The molecule has 1 aliphatic heterocycles. The van der Waals surface area contributed by atoms with Crippen LogP contribution < -0.4 is 14.4 Å². The molecule has 1 N–H and O–H groups in total. The standard InChI is InChI=1S/C18H23N3O3S/c1-24-17-5-2-6-18(12-17)25(22,23)20-13-15-7-10-21(11-8-15)16-4-3-9-19-14-16/h2-6,9,12,14-15,20H,7-8,10-11,13H2,1H3. The summed E-state index contributed by atoms with van der Waals surface area (Å²) in [7, 11) is -1.99. The second-order valence-corrected chi connectivity index (χ2v) is 7.94. The Morgan fingerprint density at radius 3 is 2.72 bits per heavy atom. The van der Waals surface area contributed by atoms with Gasteiger partial charge in [0, 0.05) is 31.9 Å². The van der Waals surface area contributed by atoms with E-state index >= 15 is 0 Å². The summed E-state index contributed by atoms with van der Waals surface area (Å²) in [5.41, 5.74) is 1.12. The average molecular weight is 361 g/mol. The number of nitrogens with one attached hydrogen (secondary N) is 1. The molecule has 0 amide bonds. The number of anilines is 1. The molecule has 1 saturated heterocycles. The van der Waals surface area contributed by atoms with E-state index in [0.29, 0.717) is 18.2 Å². The maximum Gasteiger partial charge on any atom is 0.240 e. The minimum atomic E-state index is -3.51. The Bertz CT molecular complexity index is 788. The summed E-state index contributed by atoms with van der Waals surface area (Å²) in [6.07, 6.45) is 5.54. The molecule has 2 heterocycles. The van der Waals surface area contributed by atoms with Crippen molar-refractivity contribution in [2.75, 3.05) is 31.6 Å². The molecule has 1 aliphatic rings. The number of benzene rings is 1. The van der Waals surface area contributed by atoms with Crippen LogP contribution in [0.2, 0.25) is 0 Å². The van der Waals surface area contributed by atoms with Gasteiger partial charge in [0.15, 0.2) is 0 Å². The zero-order valence-electron chi connectivity index (χ0n) is 14.3. The zero-order valence-corrected chi connectivity index (χ0v) is 15.1. The number of hydrogen-bond donors (Lipinski definition) is 1. The van der Waals surface area contributed by atoms with Gasteiger partial charge in [-0.15, -0.1) is 0 Å². The summed E-state index contributed by atoms with van der Waals surface area (Å²) in [4.78, 5) is 6.68. The number of piperidine rings is 1. The Kier molecular flexibility index (Phi) is 5.55. The molecule has 25 heavy (non-hydrogen) atoms. The summed E-state index contributed by atoms with van der Waals surface area (Å²) in [5, 5.41) is 0. The van der Waals surface area contributed by atoms with Crippen molar-refractivity contribution >= 4 is 15.7 Å². The lowest BCUT2D eigenvalue weighted by molar-refractivity contribution is 0.401. The van der Waals surface area contributed by atoms with E-state index in [9.17, 15) is 8.42 Å². The first kappa shape index (κ1) is 17.7. The third-order valence-corrected chi connectivity index (χ3v) is 5.96. The van der Waals surface area contributed by atoms with Gasteiger partial charge in [-0.05, 0) is 43.0 Å². The Morgan fingerprint density at radius 1 is 1.24 bits per heavy atom. The summed E-state index contributed by atoms with van der Waals surface area (Å²) in [6, 6.07) is 10.5. The number of nitrogens with zero attached hydrogens (tertiary/aromatic N) is 2. The molecule has 2 aromatic rings. The van der Waals surface area contributed by atoms with Crippen LogP contribution in [-0.2, 0) is 10.0 Å². The fourth-order valence-corrected chi connectivity index (χ4v) is 4.17. The van der Waals surface area contributed by atoms with E-state index in [1.54, 1.807) is 24.4 Å². The molecule has 0 saturated carbocycles. The predicted octanol–water partition coefficient (Wildman–Crippen LogP) is 2.29. The fourth-order valence-electron chi connectivity index (χ4n) is 3.02. The lowest BCUT2D eigenvalue weighted by atomic mass is 9.97. The molecular weight excluding hydrogens is 338 g/mol. The van der Waals surface area contributed by atoms with E-state index in [2.05, 4.69) is 20.7 Å². The number of ether oxygens (including phenoxy) is 1. The largest absolute Gasteiger partial charge is 0.497 e. The Labute approximate surface area is 148 Å². The van der Waals surface area contributed by atoms with E-state index in [1.807, 2.05) is 12.3 Å². The molecule has 0 unspecified atom stereocenters. The molecule has 1 aromatic carbocycles. The van der Waals surface area contributed by atoms with Crippen molar-refractivity contribution in [1.29, 1.82) is 0 Å². The van der Waals surface area contributed by atoms with Gasteiger partial charge in [0.05, 0.1) is 23.9 Å². The monoisotopic (exact) mass is 361 g/mol. The highest BCUT2D eigenvalue weighted by atomic mass is 32.2. The van der Waals surface area contributed by atoms with Crippen LogP contribution in [0.15, 0.2) is 53.7 Å². The van der Waals surface area contributed by atoms with Gasteiger partial charge < -0.3 is 9.64 Å². The number of aromatic nitrogens is 1. The van der Waals surface area contributed by atoms with Gasteiger partial charge >= 0.3 is 0 Å². The minimum absolute atomic E-state index is 0.236. The van der Waals surface area contributed by atoms with Gasteiger partial charge in [0.2, 0.25) is 10.0 Å². The molecule has 3 rings (SSSR count). The molecule has 0 aliphatic carbocycles. The highest BCUT2D eigenvalue weighted by Gasteiger charge is 2.22. The van der Waals surface area contributed by atoms with E-state index in [-0.39, 0.29) is 4.90 Å². The molecule has 1 aromatic heterocycles. The van der Waals surface area contributed by atoms with E-state index in [1.165, 1.54) is 13.2 Å². The predicted molar refractivity (Wildman–Crippen MR) is 97.4 cm³/mol. The van der Waals surface area contributed by atoms with Crippen LogP contribution in [0.3, 0.4) is 0 Å². The Hall–Kier alpha value is -2.12. The average Bonchev–Trinajstić information content (AvgIpc) is 2.67. The molecule has 1 fully saturated rings. The van der Waals surface area contributed by atoms with E-state index in [0.717, 1.165) is 31.6 Å². The lowest BCUT2D eigenvalue weighted by Gasteiger charge is -2.33. The van der Waals surface area contributed by atoms with E-state index in [4.69, 9.17) is 4.74 Å². The van der Waals surface area contributed by atoms with Gasteiger partial charge in [0.25, 0.3) is 0 Å². The minimum Gasteiger partial charge on any atom is -0.497 e. The summed E-state index contributed by atoms with van der Waals surface area (Å²) in [5.74, 6) is 0.876. The van der Waals surface area contributed by atoms with Crippen LogP contribution in [-0.4, -0.2) is 40.1 Å². The summed E-state index contributed by atoms with van der Waals surface area (Å²) < 4.78 is 32.7. The van der Waals surface area contributed by atoms with Crippen LogP contribution in [0.1, 0.15) is 12.8 Å². The first-order chi connectivity index (χ1) is 12.1. The zero-order chi connectivity index (χ0) is 17.7. The molecule has 0 spiro atoms. The maximum absolute atomic E-state index is 12.4. The second-order valence-electron chi connectivity index (χ2n) is 6.17. The highest BCUT2D eigenvalue weighted by Crippen LogP contribution is 2.23. The first-order valence-corrected chi connectivity index (χ1v) is 9.85. The smallest absolute Gasteiger partial charge is 0.240 e. The van der Waals surface area contributed by atoms with Gasteiger partial charge in [-0.1, -0.05) is 6.07 Å². The number of sulfonamides is 1. The SMILES string of the molecule is COc1cccc(S(=O)(=O)NCC2CCN(c3cccnc3)CC2)c1. The maximum atomic E-state index is 12.4. The number of rotatable bonds is 6. The first-order valence-electron chi connectivity index (χ1n) is 8.37. The lowest BCUT2D eigenvalue weighted by Crippen LogP contribution is -2.38. The number of hydrogen-bond acceptors (Lipinski definition) is 5. The van der Waals surface area contributed by atoms with Crippen molar-refractivity contribution in [3.63, 3.8) is 0 Å². The highest BCUT2D eigenvalue weighted by molar-refractivity contribution is 7.89. The normalized spacial score (nSPS) is 16.0. The molecule has 134 valence electrons. The van der Waals surface area contributed by atoms with Crippen LogP contribution >= 0.6 is 0 Å². The van der Waals surface area contributed by atoms with Crippen LogP contribution in [0, 0.1) is 5.92 Å². The molecule has 0 atom stereocenters. The summed E-state index contributed by atoms with van der Waals surface area (Å²) in [6.45, 7) is 2.29. The van der Waals surface area contributed by atoms with E-state index < -0.39 is 10.0 Å². The number of methoxy groups -OCH3 is 1. The van der Waals surface area contributed by atoms with Crippen LogP contribution in [0.4, 0.5) is 5.69 Å². The van der Waals surface area contributed by atoms with Crippen molar-refractivity contribution in [1.82, 2.24) is 9.71 Å². The molecular formula is C18H23N3O3S. The van der Waals surface area contributed by atoms with Crippen molar-refractivity contribution in [3.8, 4) is 5.75 Å². The van der Waals surface area contributed by atoms with Crippen molar-refractivity contribution in [2.24, 2.45) is 5.92 Å². The van der Waals surface area contributed by atoms with Crippen molar-refractivity contribution < 1.29 is 13.2 Å².